The zero-order valence-electron chi connectivity index (χ0n) is 33.1. The van der Waals surface area contributed by atoms with Crippen molar-refractivity contribution in [2.75, 3.05) is 34.0 Å². The number of fused-ring (bicyclic) bond motifs is 9. The Bertz CT molecular complexity index is 1990. The van der Waals surface area contributed by atoms with E-state index in [1.807, 2.05) is 20.0 Å². The Labute approximate surface area is 326 Å². The fraction of sp³-hybridized carbons (Fsp3) is 0.564. The maximum Gasteiger partial charge on any atom is 0.408 e. The van der Waals surface area contributed by atoms with Gasteiger partial charge in [0, 0.05) is 54.4 Å². The zero-order valence-corrected chi connectivity index (χ0v) is 33.1. The minimum absolute atomic E-state index is 0.0302. The molecule has 2 aromatic carbocycles. The number of piperazine rings is 1. The van der Waals surface area contributed by atoms with Gasteiger partial charge in [-0.15, -0.1) is 0 Å². The van der Waals surface area contributed by atoms with E-state index in [2.05, 4.69) is 31.5 Å². The number of esters is 1. The molecule has 17 heteroatoms. The molecule has 0 spiro atoms. The molecule has 4 aliphatic heterocycles. The second-order valence-electron chi connectivity index (χ2n) is 15.7. The summed E-state index contributed by atoms with van der Waals surface area (Å²) in [6.45, 7) is 10.3. The third-order valence-electron chi connectivity index (χ3n) is 10.9. The number of amides is 2. The molecule has 0 saturated carbocycles. The summed E-state index contributed by atoms with van der Waals surface area (Å²) in [5.41, 5.74) is 14.5. The van der Waals surface area contributed by atoms with E-state index >= 15 is 0 Å². The van der Waals surface area contributed by atoms with Gasteiger partial charge >= 0.3 is 12.1 Å². The van der Waals surface area contributed by atoms with Crippen molar-refractivity contribution in [2.24, 2.45) is 16.5 Å². The molecule has 4 heterocycles. The number of hydrogen-bond donors (Lipinski definition) is 5. The molecule has 0 aromatic heterocycles. The molecule has 6 rings (SSSR count). The van der Waals surface area contributed by atoms with Crippen LogP contribution in [0, 0.1) is 25.2 Å². The number of hydrogen-bond acceptors (Lipinski definition) is 13. The van der Waals surface area contributed by atoms with Gasteiger partial charge in [-0.3, -0.25) is 24.4 Å². The van der Waals surface area contributed by atoms with Crippen molar-refractivity contribution < 1.29 is 43.2 Å². The molecule has 6 atom stereocenters. The topological polar surface area (TPSA) is 236 Å². The summed E-state index contributed by atoms with van der Waals surface area (Å²) in [5, 5.41) is 28.6. The maximum atomic E-state index is 14.2. The molecular formula is C39H52N8O9. The number of nitrogens with zero attached hydrogens (tertiary/aromatic N) is 4. The Morgan fingerprint density at radius 1 is 1.12 bits per heavy atom. The van der Waals surface area contributed by atoms with Crippen LogP contribution < -0.4 is 41.0 Å². The molecule has 56 heavy (non-hydrogen) atoms. The molecule has 7 N–H and O–H groups in total. The predicted octanol–water partition coefficient (Wildman–Crippen LogP) is 2.51. The molecule has 0 radical (unpaired) electrons. The number of rotatable bonds is 10. The first-order valence-electron chi connectivity index (χ1n) is 18.7. The van der Waals surface area contributed by atoms with Gasteiger partial charge in [-0.05, 0) is 78.5 Å². The Morgan fingerprint density at radius 3 is 2.48 bits per heavy atom. The van der Waals surface area contributed by atoms with E-state index in [1.165, 1.54) is 14.0 Å². The molecule has 302 valence electrons. The minimum Gasteiger partial charge on any atom is -0.504 e. The molecule has 1 fully saturated rings. The highest BCUT2D eigenvalue weighted by Crippen LogP contribution is 2.58. The van der Waals surface area contributed by atoms with Crippen molar-refractivity contribution in [3.8, 4) is 34.8 Å². The number of phenolic OH excluding ortho intramolecular Hbond substituents is 1. The highest BCUT2D eigenvalue weighted by atomic mass is 16.7. The number of nitrogens with one attached hydrogen (secondary N) is 2. The molecule has 0 aliphatic carbocycles. The van der Waals surface area contributed by atoms with Crippen molar-refractivity contribution in [2.45, 2.75) is 109 Å². The van der Waals surface area contributed by atoms with Crippen molar-refractivity contribution in [3.05, 3.63) is 39.4 Å². The monoisotopic (exact) mass is 776 g/mol. The lowest BCUT2D eigenvalue weighted by Gasteiger charge is -2.60. The Kier molecular flexibility index (Phi) is 11.2. The van der Waals surface area contributed by atoms with Crippen LogP contribution in [0.15, 0.2) is 11.1 Å². The molecule has 2 bridgehead atoms. The number of carbonyl (C=O) groups excluding carboxylic acids is 3. The van der Waals surface area contributed by atoms with Crippen molar-refractivity contribution in [1.29, 1.82) is 5.26 Å². The number of aliphatic imine (C=N–C) groups is 1. The molecular weight excluding hydrogens is 724 g/mol. The van der Waals surface area contributed by atoms with Crippen LogP contribution in [-0.4, -0.2) is 103 Å². The summed E-state index contributed by atoms with van der Waals surface area (Å²) < 4.78 is 29.1. The third-order valence-corrected chi connectivity index (χ3v) is 10.9. The van der Waals surface area contributed by atoms with Gasteiger partial charge in [0.05, 0.1) is 25.3 Å². The molecule has 4 aliphatic rings. The lowest BCUT2D eigenvalue weighted by molar-refractivity contribution is -0.132. The number of nitriles is 1. The summed E-state index contributed by atoms with van der Waals surface area (Å²) in [6, 6.07) is 0.923. The number of methoxy groups -OCH3 is 1. The van der Waals surface area contributed by atoms with Crippen LogP contribution in [0.2, 0.25) is 0 Å². The molecule has 2 amide bonds. The normalized spacial score (nSPS) is 22.7. The zero-order chi connectivity index (χ0) is 40.8. The van der Waals surface area contributed by atoms with Gasteiger partial charge in [-0.2, -0.15) is 5.26 Å². The lowest BCUT2D eigenvalue weighted by Crippen LogP contribution is -2.69. The van der Waals surface area contributed by atoms with Crippen LogP contribution in [0.3, 0.4) is 0 Å². The maximum absolute atomic E-state index is 14.2. The van der Waals surface area contributed by atoms with Gasteiger partial charge in [0.2, 0.25) is 12.7 Å². The van der Waals surface area contributed by atoms with E-state index in [0.717, 1.165) is 11.1 Å². The van der Waals surface area contributed by atoms with Crippen LogP contribution in [0.25, 0.3) is 0 Å². The smallest absolute Gasteiger partial charge is 0.408 e. The van der Waals surface area contributed by atoms with Crippen LogP contribution in [0.4, 0.5) is 4.79 Å². The predicted molar refractivity (Wildman–Crippen MR) is 204 cm³/mol. The average Bonchev–Trinajstić information content (AvgIpc) is 3.60. The van der Waals surface area contributed by atoms with E-state index < -0.39 is 53.8 Å². The summed E-state index contributed by atoms with van der Waals surface area (Å²) in [4.78, 5) is 48.0. The van der Waals surface area contributed by atoms with Crippen molar-refractivity contribution in [1.82, 2.24) is 20.4 Å². The van der Waals surface area contributed by atoms with Crippen LogP contribution >= 0.6 is 0 Å². The van der Waals surface area contributed by atoms with Gasteiger partial charge in [-0.1, -0.05) is 6.07 Å². The summed E-state index contributed by atoms with van der Waals surface area (Å²) in [5.74, 6) is 0.434. The first kappa shape index (κ1) is 40.2. The summed E-state index contributed by atoms with van der Waals surface area (Å²) in [7, 11) is 3.46. The average molecular weight is 777 g/mol. The number of aromatic hydroxyl groups is 1. The fourth-order valence-electron chi connectivity index (χ4n) is 8.85. The van der Waals surface area contributed by atoms with Crippen molar-refractivity contribution in [3.63, 3.8) is 0 Å². The van der Waals surface area contributed by atoms with Crippen molar-refractivity contribution >= 4 is 23.9 Å². The first-order valence-corrected chi connectivity index (χ1v) is 18.7. The SMILES string of the molecule is COc1c(C)cc2c(c1O)[C@@H]1C3Cc4c(OC(C)=O)c(C)c5c(c4[C@H](CNC(=O)[C@H](CCCN=C(N)N)NC(=O)OC(C)(C)C)N3[C@@H](C#N)[C@H](C2)N1C)OCO5. The van der Waals surface area contributed by atoms with E-state index in [0.29, 0.717) is 64.5 Å². The number of likely N-dealkylation sites (N-methyl/N-ethyl adjacent to an activating group) is 1. The van der Waals surface area contributed by atoms with Gasteiger partial charge in [0.15, 0.2) is 29.0 Å². The van der Waals surface area contributed by atoms with Gasteiger partial charge in [-0.25, -0.2) is 4.79 Å². The van der Waals surface area contributed by atoms with Gasteiger partial charge < -0.3 is 50.9 Å². The Hall–Kier alpha value is -5.47. The van der Waals surface area contributed by atoms with Gasteiger partial charge in [0.1, 0.15) is 23.4 Å². The Morgan fingerprint density at radius 2 is 1.84 bits per heavy atom. The highest BCUT2D eigenvalue weighted by molar-refractivity contribution is 5.86. The number of alkyl carbamates (subject to hydrolysis) is 1. The fourth-order valence-corrected chi connectivity index (χ4v) is 8.85. The number of aryl methyl sites for hydroxylation is 1. The molecule has 17 nitrogen and oxygen atoms in total. The number of nitrogens with two attached hydrogens (primary N) is 2. The number of ether oxygens (including phenoxy) is 5. The Balaban J connectivity index is 1.47. The summed E-state index contributed by atoms with van der Waals surface area (Å²) >= 11 is 0. The van der Waals surface area contributed by atoms with E-state index in [4.69, 9.17) is 35.2 Å². The quantitative estimate of drug-likeness (QED) is 0.0767. The van der Waals surface area contributed by atoms with E-state index in [9.17, 15) is 24.8 Å². The summed E-state index contributed by atoms with van der Waals surface area (Å²) in [6.07, 6.45) is 0.546. The van der Waals surface area contributed by atoms with Crippen LogP contribution in [0.5, 0.6) is 28.7 Å². The molecule has 1 saturated heterocycles. The lowest BCUT2D eigenvalue weighted by atomic mass is 9.71. The standard InChI is InChI=1S/C39H52N8O9/c1-18-12-21-13-24-26(15-40)47-25(30(46(24)7)28(21)31(49)32(18)52-8)14-22-29(35-34(53-17-54-35)19(2)33(22)55-20(3)48)27(47)16-44-36(50)23(10-9-11-43-37(41)42)45-38(51)56-39(4,5)6/h12,23-27,30,49H,9-11,13-14,16-17H2,1-8H3,(H,44,50)(H,45,51)(H4,41,42,43)/t23-,24-,25?,26-,27-,30-/m0/s1. The van der Waals surface area contributed by atoms with E-state index in [1.54, 1.807) is 27.7 Å². The van der Waals surface area contributed by atoms with Crippen LogP contribution in [0.1, 0.15) is 86.0 Å². The largest absolute Gasteiger partial charge is 0.504 e. The third kappa shape index (κ3) is 7.42. The second kappa shape index (κ2) is 15.6. The first-order chi connectivity index (χ1) is 26.5. The number of phenols is 1. The van der Waals surface area contributed by atoms with E-state index in [-0.39, 0.29) is 44.1 Å². The van der Waals surface area contributed by atoms with Gasteiger partial charge in [0.25, 0.3) is 0 Å². The second-order valence-corrected chi connectivity index (χ2v) is 15.7. The molecule has 2 aromatic rings. The highest BCUT2D eigenvalue weighted by Gasteiger charge is 2.57. The number of carbonyl (C=O) groups is 3. The van der Waals surface area contributed by atoms with Crippen LogP contribution in [-0.2, 0) is 27.2 Å². The minimum atomic E-state index is -1.03. The molecule has 1 unspecified atom stereocenters. The number of guanidine groups is 1. The number of benzene rings is 2.